The summed E-state index contributed by atoms with van der Waals surface area (Å²) in [5, 5.41) is 0. The van der Waals surface area contributed by atoms with E-state index in [-0.39, 0.29) is 5.75 Å². The molecule has 92 valence electrons. The first-order valence-electron chi connectivity index (χ1n) is 5.39. The Morgan fingerprint density at radius 1 is 1.35 bits per heavy atom. The number of fused-ring (bicyclic) bond motifs is 1. The zero-order valence-electron chi connectivity index (χ0n) is 10.1. The van der Waals surface area contributed by atoms with Gasteiger partial charge in [-0.05, 0) is 32.9 Å². The maximum absolute atomic E-state index is 11.5. The van der Waals surface area contributed by atoms with Gasteiger partial charge in [0.15, 0.2) is 0 Å². The Labute approximate surface area is 101 Å². The molecule has 2 heterocycles. The summed E-state index contributed by atoms with van der Waals surface area (Å²) in [6.45, 7) is 5.49. The van der Waals surface area contributed by atoms with E-state index in [1.54, 1.807) is 25.3 Å². The standard InChI is InChI=1S/C11H15N3O2S/c1-4-17(15,16)13-10-5-6-11-12-8(2)9(3)14(11)7-10/h5-7,13H,4H2,1-3H3. The Balaban J connectivity index is 2.48. The lowest BCUT2D eigenvalue weighted by Gasteiger charge is -2.06. The topological polar surface area (TPSA) is 63.5 Å². The van der Waals surface area contributed by atoms with Gasteiger partial charge in [-0.1, -0.05) is 0 Å². The number of rotatable bonds is 3. The first-order chi connectivity index (χ1) is 7.93. The Morgan fingerprint density at radius 2 is 2.06 bits per heavy atom. The summed E-state index contributed by atoms with van der Waals surface area (Å²) in [5.74, 6) is 0.0625. The van der Waals surface area contributed by atoms with E-state index in [9.17, 15) is 8.42 Å². The number of aromatic nitrogens is 2. The molecule has 0 saturated heterocycles. The van der Waals surface area contributed by atoms with Crippen LogP contribution in [0.3, 0.4) is 0 Å². The van der Waals surface area contributed by atoms with Crippen LogP contribution in [0.1, 0.15) is 18.3 Å². The maximum Gasteiger partial charge on any atom is 0.232 e. The van der Waals surface area contributed by atoms with Crippen molar-refractivity contribution in [3.8, 4) is 0 Å². The van der Waals surface area contributed by atoms with Crippen LogP contribution in [-0.4, -0.2) is 23.6 Å². The molecule has 2 aromatic heterocycles. The van der Waals surface area contributed by atoms with Gasteiger partial charge >= 0.3 is 0 Å². The quantitative estimate of drug-likeness (QED) is 0.905. The smallest absolute Gasteiger partial charge is 0.232 e. The molecule has 0 aliphatic heterocycles. The summed E-state index contributed by atoms with van der Waals surface area (Å²) < 4.78 is 27.3. The van der Waals surface area contributed by atoms with Crippen LogP contribution < -0.4 is 4.72 Å². The fourth-order valence-corrected chi connectivity index (χ4v) is 2.22. The fraction of sp³-hybridized carbons (Fsp3) is 0.364. The van der Waals surface area contributed by atoms with E-state index < -0.39 is 10.0 Å². The predicted octanol–water partition coefficient (Wildman–Crippen LogP) is 1.71. The highest BCUT2D eigenvalue weighted by atomic mass is 32.2. The monoisotopic (exact) mass is 253 g/mol. The minimum atomic E-state index is -3.23. The molecule has 0 aliphatic carbocycles. The zero-order valence-corrected chi connectivity index (χ0v) is 10.9. The second-order valence-electron chi connectivity index (χ2n) is 3.93. The van der Waals surface area contributed by atoms with E-state index in [2.05, 4.69) is 9.71 Å². The van der Waals surface area contributed by atoms with E-state index in [0.29, 0.717) is 5.69 Å². The number of aryl methyl sites for hydroxylation is 2. The summed E-state index contributed by atoms with van der Waals surface area (Å²) in [6.07, 6.45) is 1.75. The number of hydrogen-bond acceptors (Lipinski definition) is 3. The molecule has 0 bridgehead atoms. The van der Waals surface area contributed by atoms with Crippen molar-refractivity contribution in [1.82, 2.24) is 9.38 Å². The Hall–Kier alpha value is -1.56. The molecule has 2 rings (SSSR count). The SMILES string of the molecule is CCS(=O)(=O)Nc1ccc2nc(C)c(C)n2c1. The van der Waals surface area contributed by atoms with Crippen LogP contribution >= 0.6 is 0 Å². The first-order valence-corrected chi connectivity index (χ1v) is 7.04. The van der Waals surface area contributed by atoms with Crippen molar-refractivity contribution in [3.05, 3.63) is 29.7 Å². The van der Waals surface area contributed by atoms with Gasteiger partial charge in [0.05, 0.1) is 17.1 Å². The summed E-state index contributed by atoms with van der Waals surface area (Å²) in [5.41, 5.74) is 3.33. The van der Waals surface area contributed by atoms with Gasteiger partial charge < -0.3 is 4.40 Å². The molecule has 17 heavy (non-hydrogen) atoms. The lowest BCUT2D eigenvalue weighted by molar-refractivity contribution is 0.602. The molecule has 0 atom stereocenters. The van der Waals surface area contributed by atoms with Gasteiger partial charge in [0.25, 0.3) is 0 Å². The van der Waals surface area contributed by atoms with Gasteiger partial charge in [-0.15, -0.1) is 0 Å². The molecule has 0 spiro atoms. The number of hydrogen-bond donors (Lipinski definition) is 1. The van der Waals surface area contributed by atoms with Crippen molar-refractivity contribution >= 4 is 21.4 Å². The average Bonchev–Trinajstić information content (AvgIpc) is 2.55. The van der Waals surface area contributed by atoms with Crippen molar-refractivity contribution < 1.29 is 8.42 Å². The van der Waals surface area contributed by atoms with Gasteiger partial charge in [0.2, 0.25) is 10.0 Å². The molecule has 0 saturated carbocycles. The molecular formula is C11H15N3O2S. The third kappa shape index (κ3) is 2.26. The van der Waals surface area contributed by atoms with E-state index in [0.717, 1.165) is 17.0 Å². The van der Waals surface area contributed by atoms with E-state index >= 15 is 0 Å². The average molecular weight is 253 g/mol. The predicted molar refractivity (Wildman–Crippen MR) is 67.7 cm³/mol. The number of imidazole rings is 1. The van der Waals surface area contributed by atoms with Crippen LogP contribution in [0.25, 0.3) is 5.65 Å². The minimum Gasteiger partial charge on any atom is -0.302 e. The fourth-order valence-electron chi connectivity index (χ4n) is 1.59. The lowest BCUT2D eigenvalue weighted by atomic mass is 10.4. The molecule has 0 unspecified atom stereocenters. The number of nitrogens with one attached hydrogen (secondary N) is 1. The zero-order chi connectivity index (χ0) is 12.6. The van der Waals surface area contributed by atoms with Crippen LogP contribution in [0.15, 0.2) is 18.3 Å². The van der Waals surface area contributed by atoms with Gasteiger partial charge in [0, 0.05) is 11.9 Å². The largest absolute Gasteiger partial charge is 0.302 e. The summed E-state index contributed by atoms with van der Waals surface area (Å²) in [6, 6.07) is 3.52. The molecule has 0 amide bonds. The Morgan fingerprint density at radius 3 is 2.71 bits per heavy atom. The van der Waals surface area contributed by atoms with Crippen molar-refractivity contribution in [1.29, 1.82) is 0 Å². The Kier molecular flexibility index (Phi) is 2.82. The van der Waals surface area contributed by atoms with E-state index in [4.69, 9.17) is 0 Å². The van der Waals surface area contributed by atoms with Crippen LogP contribution in [0.2, 0.25) is 0 Å². The molecule has 1 N–H and O–H groups in total. The number of sulfonamides is 1. The van der Waals surface area contributed by atoms with E-state index in [1.165, 1.54) is 0 Å². The first kappa shape index (κ1) is 11.9. The van der Waals surface area contributed by atoms with Crippen molar-refractivity contribution in [2.75, 3.05) is 10.5 Å². The minimum absolute atomic E-state index is 0.0625. The third-order valence-corrected chi connectivity index (χ3v) is 4.05. The molecule has 5 nitrogen and oxygen atoms in total. The molecule has 0 radical (unpaired) electrons. The van der Waals surface area contributed by atoms with Crippen molar-refractivity contribution in [2.24, 2.45) is 0 Å². The highest BCUT2D eigenvalue weighted by Crippen LogP contribution is 2.16. The van der Waals surface area contributed by atoms with Gasteiger partial charge in [-0.2, -0.15) is 0 Å². The highest BCUT2D eigenvalue weighted by Gasteiger charge is 2.09. The third-order valence-electron chi connectivity index (χ3n) is 2.75. The summed E-state index contributed by atoms with van der Waals surface area (Å²) in [7, 11) is -3.23. The molecule has 0 aliphatic rings. The van der Waals surface area contributed by atoms with Crippen molar-refractivity contribution in [3.63, 3.8) is 0 Å². The molecular weight excluding hydrogens is 238 g/mol. The van der Waals surface area contributed by atoms with E-state index in [1.807, 2.05) is 18.2 Å². The van der Waals surface area contributed by atoms with Gasteiger partial charge in [-0.3, -0.25) is 4.72 Å². The second kappa shape index (κ2) is 4.03. The molecule has 6 heteroatoms. The molecule has 0 aromatic carbocycles. The second-order valence-corrected chi connectivity index (χ2v) is 5.95. The Bertz CT molecular complexity index is 659. The van der Waals surface area contributed by atoms with Crippen LogP contribution in [0, 0.1) is 13.8 Å². The maximum atomic E-state index is 11.5. The van der Waals surface area contributed by atoms with Crippen LogP contribution in [0.4, 0.5) is 5.69 Å². The van der Waals surface area contributed by atoms with Gasteiger partial charge in [0.1, 0.15) is 5.65 Å². The number of pyridine rings is 1. The molecule has 2 aromatic rings. The summed E-state index contributed by atoms with van der Waals surface area (Å²) in [4.78, 5) is 4.36. The van der Waals surface area contributed by atoms with Gasteiger partial charge in [-0.25, -0.2) is 13.4 Å². The summed E-state index contributed by atoms with van der Waals surface area (Å²) >= 11 is 0. The van der Waals surface area contributed by atoms with Crippen LogP contribution in [0.5, 0.6) is 0 Å². The highest BCUT2D eigenvalue weighted by molar-refractivity contribution is 7.92. The van der Waals surface area contributed by atoms with Crippen LogP contribution in [-0.2, 0) is 10.0 Å². The van der Waals surface area contributed by atoms with Crippen molar-refractivity contribution in [2.45, 2.75) is 20.8 Å². The number of anilines is 1. The lowest BCUT2D eigenvalue weighted by Crippen LogP contribution is -2.14. The number of nitrogens with zero attached hydrogens (tertiary/aromatic N) is 2. The normalized spacial score (nSPS) is 11.9. The molecule has 0 fully saturated rings.